The molecule has 3 rings (SSSR count). The van der Waals surface area contributed by atoms with Gasteiger partial charge in [-0.15, -0.1) is 0 Å². The molecule has 0 saturated heterocycles. The molecule has 0 unspecified atom stereocenters. The minimum Gasteiger partial charge on any atom is -0.309 e. The lowest BCUT2D eigenvalue weighted by molar-refractivity contribution is -0.380. The molecule has 0 bridgehead atoms. The second kappa shape index (κ2) is 9.25. The molecule has 2 aromatic heterocycles. The maximum Gasteiger partial charge on any atom is 0.324 e. The highest BCUT2D eigenvalue weighted by Crippen LogP contribution is 2.30. The van der Waals surface area contributed by atoms with Crippen LogP contribution in [0, 0.1) is 17.0 Å². The molecule has 0 aliphatic carbocycles. The Morgan fingerprint density at radius 1 is 1.21 bits per heavy atom. The van der Waals surface area contributed by atoms with Crippen molar-refractivity contribution in [2.75, 3.05) is 32.1 Å². The molecule has 9 heteroatoms. The van der Waals surface area contributed by atoms with Gasteiger partial charge < -0.3 is 4.90 Å². The van der Waals surface area contributed by atoms with Crippen LogP contribution >= 0.6 is 22.7 Å². The zero-order chi connectivity index (χ0) is 21.0. The lowest BCUT2D eigenvalue weighted by Crippen LogP contribution is -2.32. The summed E-state index contributed by atoms with van der Waals surface area (Å²) < 4.78 is 1.04. The van der Waals surface area contributed by atoms with Gasteiger partial charge in [0.05, 0.1) is 15.1 Å². The molecule has 0 atom stereocenters. The molecule has 0 saturated carbocycles. The second-order valence-corrected chi connectivity index (χ2v) is 8.98. The molecular weight excluding hydrogens is 408 g/mol. The second-order valence-electron chi connectivity index (χ2n) is 6.88. The average molecular weight is 431 g/mol. The van der Waals surface area contributed by atoms with Crippen molar-refractivity contribution in [3.05, 3.63) is 57.0 Å². The van der Waals surface area contributed by atoms with E-state index < -0.39 is 4.92 Å². The summed E-state index contributed by atoms with van der Waals surface area (Å²) in [6.07, 6.45) is 3.89. The smallest absolute Gasteiger partial charge is 0.309 e. The third-order valence-electron chi connectivity index (χ3n) is 4.20. The topological polar surface area (TPSA) is 79.6 Å². The number of benzene rings is 1. The number of hydrogen-bond acceptors (Lipinski definition) is 7. The van der Waals surface area contributed by atoms with Gasteiger partial charge in [-0.2, -0.15) is 0 Å². The molecule has 0 radical (unpaired) electrons. The molecule has 1 aromatic carbocycles. The first kappa shape index (κ1) is 21.1. The van der Waals surface area contributed by atoms with Crippen LogP contribution < -0.4 is 4.90 Å². The summed E-state index contributed by atoms with van der Waals surface area (Å²) in [7, 11) is 3.99. The summed E-state index contributed by atoms with van der Waals surface area (Å²) in [4.78, 5) is 32.4. The lowest BCUT2D eigenvalue weighted by atomic mass is 10.2. The molecule has 0 spiro atoms. The summed E-state index contributed by atoms with van der Waals surface area (Å²) in [5.41, 5.74) is 2.02. The van der Waals surface area contributed by atoms with Gasteiger partial charge in [0.25, 0.3) is 5.91 Å². The Hall–Kier alpha value is -2.62. The van der Waals surface area contributed by atoms with E-state index in [-0.39, 0.29) is 10.9 Å². The number of carbonyl (C=O) groups excluding carboxylic acids is 1. The summed E-state index contributed by atoms with van der Waals surface area (Å²) >= 11 is 2.54. The van der Waals surface area contributed by atoms with Crippen LogP contribution in [0.3, 0.4) is 0 Å². The zero-order valence-corrected chi connectivity index (χ0v) is 18.1. The van der Waals surface area contributed by atoms with Crippen LogP contribution in [0.25, 0.3) is 16.3 Å². The first-order valence-electron chi connectivity index (χ1n) is 9.09. The van der Waals surface area contributed by atoms with E-state index in [1.807, 2.05) is 33.2 Å². The summed E-state index contributed by atoms with van der Waals surface area (Å²) in [5, 5.41) is 11.6. The van der Waals surface area contributed by atoms with Gasteiger partial charge in [0.15, 0.2) is 5.13 Å². The van der Waals surface area contributed by atoms with E-state index in [4.69, 9.17) is 0 Å². The van der Waals surface area contributed by atoms with Crippen LogP contribution in [-0.2, 0) is 4.79 Å². The molecule has 0 aliphatic rings. The van der Waals surface area contributed by atoms with E-state index in [0.717, 1.165) is 40.1 Å². The summed E-state index contributed by atoms with van der Waals surface area (Å²) in [6.45, 7) is 3.43. The fourth-order valence-electron chi connectivity index (χ4n) is 2.75. The zero-order valence-electron chi connectivity index (χ0n) is 16.5. The van der Waals surface area contributed by atoms with Gasteiger partial charge in [0.1, 0.15) is 0 Å². The van der Waals surface area contributed by atoms with Crippen LogP contribution in [0.2, 0.25) is 0 Å². The van der Waals surface area contributed by atoms with E-state index in [9.17, 15) is 14.9 Å². The Morgan fingerprint density at radius 3 is 2.69 bits per heavy atom. The Balaban J connectivity index is 1.83. The number of hydrogen-bond donors (Lipinski definition) is 0. The van der Waals surface area contributed by atoms with Crippen molar-refractivity contribution in [1.82, 2.24) is 9.88 Å². The van der Waals surface area contributed by atoms with E-state index in [1.54, 1.807) is 17.0 Å². The lowest BCUT2D eigenvalue weighted by Gasteiger charge is -2.19. The van der Waals surface area contributed by atoms with Crippen LogP contribution in [0.1, 0.15) is 16.9 Å². The molecule has 7 nitrogen and oxygen atoms in total. The SMILES string of the molecule is Cc1ccc2nc(N(CCCN(C)C)C(=O)C=Cc3ccc([N+](=O)[O-])s3)sc2c1. The van der Waals surface area contributed by atoms with Crippen molar-refractivity contribution < 1.29 is 9.72 Å². The number of rotatable bonds is 8. The number of thiophene rings is 1. The third kappa shape index (κ3) is 5.47. The molecule has 152 valence electrons. The Kier molecular flexibility index (Phi) is 6.73. The van der Waals surface area contributed by atoms with Crippen molar-refractivity contribution in [1.29, 1.82) is 0 Å². The maximum absolute atomic E-state index is 12.9. The highest BCUT2D eigenvalue weighted by molar-refractivity contribution is 7.22. The van der Waals surface area contributed by atoms with Crippen LogP contribution in [-0.4, -0.2) is 47.9 Å². The maximum atomic E-state index is 12.9. The third-order valence-corrected chi connectivity index (χ3v) is 6.24. The van der Waals surface area contributed by atoms with Crippen molar-refractivity contribution in [3.63, 3.8) is 0 Å². The normalized spacial score (nSPS) is 11.6. The number of nitro groups is 1. The first-order valence-corrected chi connectivity index (χ1v) is 10.7. The predicted molar refractivity (Wildman–Crippen MR) is 120 cm³/mol. The van der Waals surface area contributed by atoms with Gasteiger partial charge in [0, 0.05) is 23.6 Å². The van der Waals surface area contributed by atoms with Crippen molar-refractivity contribution in [2.24, 2.45) is 0 Å². The predicted octanol–water partition coefficient (Wildman–Crippen LogP) is 4.57. The Morgan fingerprint density at radius 2 is 2.00 bits per heavy atom. The van der Waals surface area contributed by atoms with Gasteiger partial charge in [0.2, 0.25) is 0 Å². The van der Waals surface area contributed by atoms with Gasteiger partial charge in [-0.3, -0.25) is 19.8 Å². The molecule has 0 aliphatic heterocycles. The molecule has 0 fully saturated rings. The van der Waals surface area contributed by atoms with Crippen LogP contribution in [0.4, 0.5) is 10.1 Å². The minimum atomic E-state index is -0.430. The number of anilines is 1. The van der Waals surface area contributed by atoms with Crippen molar-refractivity contribution in [3.8, 4) is 0 Å². The average Bonchev–Trinajstić information content (AvgIpc) is 3.29. The first-order chi connectivity index (χ1) is 13.8. The number of nitrogens with zero attached hydrogens (tertiary/aromatic N) is 4. The quantitative estimate of drug-likeness (QED) is 0.297. The Labute approximate surface area is 177 Å². The molecule has 2 heterocycles. The number of fused-ring (bicyclic) bond motifs is 1. The minimum absolute atomic E-state index is 0.0569. The highest BCUT2D eigenvalue weighted by Gasteiger charge is 2.18. The molecule has 3 aromatic rings. The standard InChI is InChI=1S/C20H22N4O3S2/c1-14-5-8-16-17(13-14)29-20(21-16)23(12-4-11-22(2)3)18(25)9-6-15-7-10-19(28-15)24(26)27/h5-10,13H,4,11-12H2,1-3H3. The molecule has 29 heavy (non-hydrogen) atoms. The largest absolute Gasteiger partial charge is 0.324 e. The van der Waals surface area contributed by atoms with Gasteiger partial charge >= 0.3 is 5.00 Å². The van der Waals surface area contributed by atoms with Gasteiger partial charge in [-0.1, -0.05) is 28.7 Å². The Bertz CT molecular complexity index is 1060. The van der Waals surface area contributed by atoms with Crippen molar-refractivity contribution >= 4 is 55.0 Å². The van der Waals surface area contributed by atoms with Crippen LogP contribution in [0.5, 0.6) is 0 Å². The summed E-state index contributed by atoms with van der Waals surface area (Å²) in [6, 6.07) is 9.13. The number of carbonyl (C=O) groups is 1. The van der Waals surface area contributed by atoms with E-state index >= 15 is 0 Å². The fraction of sp³-hybridized carbons (Fsp3) is 0.300. The number of aromatic nitrogens is 1. The van der Waals surface area contributed by atoms with Crippen LogP contribution in [0.15, 0.2) is 36.4 Å². The molecular formula is C20H22N4O3S2. The van der Waals surface area contributed by atoms with E-state index in [0.29, 0.717) is 16.6 Å². The number of aryl methyl sites for hydroxylation is 1. The van der Waals surface area contributed by atoms with Gasteiger partial charge in [-0.25, -0.2) is 4.98 Å². The van der Waals surface area contributed by atoms with E-state index in [2.05, 4.69) is 16.0 Å². The highest BCUT2D eigenvalue weighted by atomic mass is 32.1. The number of amides is 1. The number of thiazole rings is 1. The fourth-order valence-corrected chi connectivity index (χ4v) is 4.57. The molecule has 0 N–H and O–H groups in total. The molecule has 1 amide bonds. The van der Waals surface area contributed by atoms with Crippen molar-refractivity contribution in [2.45, 2.75) is 13.3 Å². The van der Waals surface area contributed by atoms with E-state index in [1.165, 1.54) is 23.5 Å². The monoisotopic (exact) mass is 430 g/mol. The summed E-state index contributed by atoms with van der Waals surface area (Å²) in [5.74, 6) is -0.185. The van der Waals surface area contributed by atoms with Gasteiger partial charge in [-0.05, 0) is 63.8 Å².